The highest BCUT2D eigenvalue weighted by Gasteiger charge is 2.50. The molecule has 0 aromatic rings. The van der Waals surface area contributed by atoms with E-state index in [2.05, 4.69) is 10.2 Å². The molecule has 1 spiro atoms. The van der Waals surface area contributed by atoms with Gasteiger partial charge in [-0.15, -0.1) is 0 Å². The largest absolute Gasteiger partial charge is 0.481 e. The number of likely N-dealkylation sites (tertiary alicyclic amines) is 1. The van der Waals surface area contributed by atoms with Gasteiger partial charge < -0.3 is 15.3 Å². The Morgan fingerprint density at radius 2 is 2.00 bits per heavy atom. The predicted molar refractivity (Wildman–Crippen MR) is 66.6 cm³/mol. The summed E-state index contributed by atoms with van der Waals surface area (Å²) in [7, 11) is 1.49. The number of carboxylic acids is 1. The minimum atomic E-state index is -0.784. The molecule has 0 radical (unpaired) electrons. The Kier molecular flexibility index (Phi) is 3.75. The molecular formula is C12H19N3O4. The van der Waals surface area contributed by atoms with E-state index in [0.29, 0.717) is 32.4 Å². The molecule has 2 rings (SSSR count). The lowest BCUT2D eigenvalue weighted by Crippen LogP contribution is -2.54. The van der Waals surface area contributed by atoms with E-state index in [1.807, 2.05) is 0 Å². The number of piperidine rings is 1. The second kappa shape index (κ2) is 5.16. The smallest absolute Gasteiger partial charge is 0.324 e. The zero-order valence-electron chi connectivity index (χ0n) is 11.0. The summed E-state index contributed by atoms with van der Waals surface area (Å²) >= 11 is 0. The topological polar surface area (TPSA) is 90.0 Å². The molecule has 2 aliphatic heterocycles. The van der Waals surface area contributed by atoms with Crippen molar-refractivity contribution in [3.8, 4) is 0 Å². The average Bonchev–Trinajstić information content (AvgIpc) is 2.57. The molecule has 19 heavy (non-hydrogen) atoms. The first-order valence-electron chi connectivity index (χ1n) is 6.49. The lowest BCUT2D eigenvalue weighted by Gasteiger charge is -2.37. The molecular weight excluding hydrogens is 250 g/mol. The number of amides is 3. The fourth-order valence-corrected chi connectivity index (χ4v) is 2.71. The van der Waals surface area contributed by atoms with Gasteiger partial charge in [-0.3, -0.25) is 14.5 Å². The van der Waals surface area contributed by atoms with Gasteiger partial charge in [0.05, 0.1) is 0 Å². The van der Waals surface area contributed by atoms with Crippen LogP contribution in [0.4, 0.5) is 4.79 Å². The second-order valence-corrected chi connectivity index (χ2v) is 5.22. The van der Waals surface area contributed by atoms with Crippen LogP contribution in [0.1, 0.15) is 25.7 Å². The zero-order valence-corrected chi connectivity index (χ0v) is 11.0. The van der Waals surface area contributed by atoms with Crippen LogP contribution in [-0.4, -0.2) is 65.0 Å². The molecule has 0 aromatic heterocycles. The van der Waals surface area contributed by atoms with E-state index in [9.17, 15) is 14.4 Å². The minimum absolute atomic E-state index is 0.150. The normalized spacial score (nSPS) is 22.9. The molecule has 2 aliphatic rings. The standard InChI is InChI=1S/C12H19N3O4/c1-14-10(18)12(13-11(14)19)4-7-15(8-5-12)6-2-3-9(16)17/h2-8H2,1H3,(H,13,19)(H,16,17). The van der Waals surface area contributed by atoms with Crippen LogP contribution in [0.5, 0.6) is 0 Å². The third-order valence-electron chi connectivity index (χ3n) is 3.94. The maximum absolute atomic E-state index is 12.0. The molecule has 0 atom stereocenters. The van der Waals surface area contributed by atoms with Gasteiger partial charge in [0.1, 0.15) is 5.54 Å². The molecule has 106 valence electrons. The Hall–Kier alpha value is -1.63. The lowest BCUT2D eigenvalue weighted by atomic mass is 9.87. The van der Waals surface area contributed by atoms with Crippen molar-refractivity contribution in [2.24, 2.45) is 0 Å². The quantitative estimate of drug-likeness (QED) is 0.694. The number of likely N-dealkylation sites (N-methyl/N-ethyl adjacent to an activating group) is 1. The van der Waals surface area contributed by atoms with Crippen LogP contribution in [0.25, 0.3) is 0 Å². The van der Waals surface area contributed by atoms with Gasteiger partial charge >= 0.3 is 12.0 Å². The minimum Gasteiger partial charge on any atom is -0.481 e. The van der Waals surface area contributed by atoms with Crippen molar-refractivity contribution < 1.29 is 19.5 Å². The van der Waals surface area contributed by atoms with Crippen LogP contribution in [0.3, 0.4) is 0 Å². The van der Waals surface area contributed by atoms with Crippen LogP contribution >= 0.6 is 0 Å². The van der Waals surface area contributed by atoms with Crippen LogP contribution in [0, 0.1) is 0 Å². The number of nitrogens with zero attached hydrogens (tertiary/aromatic N) is 2. The first-order chi connectivity index (χ1) is 8.94. The maximum atomic E-state index is 12.0. The molecule has 7 nitrogen and oxygen atoms in total. The highest BCUT2D eigenvalue weighted by Crippen LogP contribution is 2.28. The molecule has 2 fully saturated rings. The molecule has 3 amide bonds. The third-order valence-corrected chi connectivity index (χ3v) is 3.94. The van der Waals surface area contributed by atoms with E-state index >= 15 is 0 Å². The Morgan fingerprint density at radius 1 is 1.37 bits per heavy atom. The molecule has 2 N–H and O–H groups in total. The summed E-state index contributed by atoms with van der Waals surface area (Å²) in [5.74, 6) is -0.934. The van der Waals surface area contributed by atoms with Crippen LogP contribution in [0.2, 0.25) is 0 Å². The monoisotopic (exact) mass is 269 g/mol. The van der Waals surface area contributed by atoms with Crippen molar-refractivity contribution in [3.63, 3.8) is 0 Å². The van der Waals surface area contributed by atoms with Crippen LogP contribution in [-0.2, 0) is 9.59 Å². The van der Waals surface area contributed by atoms with Gasteiger partial charge in [-0.05, 0) is 25.8 Å². The van der Waals surface area contributed by atoms with Crippen molar-refractivity contribution in [2.75, 3.05) is 26.7 Å². The molecule has 0 aromatic carbocycles. The SMILES string of the molecule is CN1C(=O)NC2(CCN(CCCC(=O)O)CC2)C1=O. The number of hydrogen-bond donors (Lipinski definition) is 2. The number of rotatable bonds is 4. The van der Waals surface area contributed by atoms with E-state index < -0.39 is 11.5 Å². The Balaban J connectivity index is 1.84. The Labute approximate surface area is 111 Å². The molecule has 0 aliphatic carbocycles. The van der Waals surface area contributed by atoms with Crippen molar-refractivity contribution in [1.29, 1.82) is 0 Å². The highest BCUT2D eigenvalue weighted by molar-refractivity contribution is 6.06. The number of hydrogen-bond acceptors (Lipinski definition) is 4. The fraction of sp³-hybridized carbons (Fsp3) is 0.750. The molecule has 0 bridgehead atoms. The summed E-state index contributed by atoms with van der Waals surface area (Å²) in [5.41, 5.74) is -0.727. The highest BCUT2D eigenvalue weighted by atomic mass is 16.4. The van der Waals surface area contributed by atoms with E-state index in [1.54, 1.807) is 0 Å². The van der Waals surface area contributed by atoms with Gasteiger partial charge in [-0.1, -0.05) is 0 Å². The van der Waals surface area contributed by atoms with E-state index in [0.717, 1.165) is 11.4 Å². The molecule has 2 saturated heterocycles. The van der Waals surface area contributed by atoms with Gasteiger partial charge in [0, 0.05) is 26.6 Å². The van der Waals surface area contributed by atoms with Crippen molar-refractivity contribution in [2.45, 2.75) is 31.2 Å². The summed E-state index contributed by atoms with van der Waals surface area (Å²) in [5, 5.41) is 11.4. The van der Waals surface area contributed by atoms with E-state index in [-0.39, 0.29) is 18.4 Å². The number of carboxylic acid groups (broad SMARTS) is 1. The molecule has 0 saturated carbocycles. The zero-order chi connectivity index (χ0) is 14.0. The number of carbonyl (C=O) groups excluding carboxylic acids is 2. The second-order valence-electron chi connectivity index (χ2n) is 5.22. The van der Waals surface area contributed by atoms with Crippen LogP contribution < -0.4 is 5.32 Å². The maximum Gasteiger partial charge on any atom is 0.324 e. The summed E-state index contributed by atoms with van der Waals surface area (Å²) in [4.78, 5) is 37.3. The van der Waals surface area contributed by atoms with Gasteiger partial charge in [-0.25, -0.2) is 4.79 Å². The van der Waals surface area contributed by atoms with E-state index in [4.69, 9.17) is 5.11 Å². The van der Waals surface area contributed by atoms with E-state index in [1.165, 1.54) is 7.05 Å². The number of aliphatic carboxylic acids is 1. The summed E-state index contributed by atoms with van der Waals surface area (Å²) in [6.07, 6.45) is 1.96. The molecule has 2 heterocycles. The number of urea groups is 1. The molecule has 0 unspecified atom stereocenters. The van der Waals surface area contributed by atoms with Crippen molar-refractivity contribution in [3.05, 3.63) is 0 Å². The predicted octanol–water partition coefficient (Wildman–Crippen LogP) is -0.133. The summed E-state index contributed by atoms with van der Waals surface area (Å²) in [6, 6.07) is -0.329. The van der Waals surface area contributed by atoms with Crippen molar-refractivity contribution in [1.82, 2.24) is 15.1 Å². The first-order valence-corrected chi connectivity index (χ1v) is 6.49. The van der Waals surface area contributed by atoms with Crippen molar-refractivity contribution >= 4 is 17.9 Å². The van der Waals surface area contributed by atoms with Gasteiger partial charge in [0.25, 0.3) is 5.91 Å². The average molecular weight is 269 g/mol. The summed E-state index contributed by atoms with van der Waals surface area (Å²) < 4.78 is 0. The Bertz CT molecular complexity index is 402. The van der Waals surface area contributed by atoms with Crippen LogP contribution in [0.15, 0.2) is 0 Å². The lowest BCUT2D eigenvalue weighted by molar-refractivity contribution is -0.137. The van der Waals surface area contributed by atoms with Gasteiger partial charge in [-0.2, -0.15) is 0 Å². The fourth-order valence-electron chi connectivity index (χ4n) is 2.71. The number of imide groups is 1. The third kappa shape index (κ3) is 2.70. The van der Waals surface area contributed by atoms with Gasteiger partial charge in [0.2, 0.25) is 0 Å². The first kappa shape index (κ1) is 13.8. The number of carbonyl (C=O) groups is 3. The number of nitrogens with one attached hydrogen (secondary N) is 1. The molecule has 7 heteroatoms. The van der Waals surface area contributed by atoms with Gasteiger partial charge in [0.15, 0.2) is 0 Å². The summed E-state index contributed by atoms with van der Waals surface area (Å²) in [6.45, 7) is 2.14. The Morgan fingerprint density at radius 3 is 2.47 bits per heavy atom.